The van der Waals surface area contributed by atoms with E-state index in [1.807, 2.05) is 18.2 Å². The largest absolute Gasteiger partial charge is 0.453 e. The van der Waals surface area contributed by atoms with Crippen LogP contribution in [0, 0.1) is 5.92 Å². The lowest BCUT2D eigenvalue weighted by Crippen LogP contribution is -2.40. The zero-order chi connectivity index (χ0) is 12.7. The average molecular weight is 259 g/mol. The lowest BCUT2D eigenvalue weighted by molar-refractivity contribution is 0.162. The SMILES string of the molecule is COC(=O)N[C@@H](CCCN)C1C=CC(Cl)=CC1. The monoisotopic (exact) mass is 258 g/mol. The van der Waals surface area contributed by atoms with Gasteiger partial charge < -0.3 is 15.8 Å². The van der Waals surface area contributed by atoms with Gasteiger partial charge in [0.05, 0.1) is 7.11 Å². The van der Waals surface area contributed by atoms with Crippen molar-refractivity contribution in [2.45, 2.75) is 25.3 Å². The molecule has 0 aliphatic heterocycles. The number of ether oxygens (including phenoxy) is 1. The number of hydrogen-bond acceptors (Lipinski definition) is 3. The van der Waals surface area contributed by atoms with E-state index >= 15 is 0 Å². The molecule has 0 aromatic carbocycles. The van der Waals surface area contributed by atoms with E-state index in [0.717, 1.165) is 24.3 Å². The molecule has 0 fully saturated rings. The number of nitrogens with two attached hydrogens (primary N) is 1. The van der Waals surface area contributed by atoms with Crippen LogP contribution in [0.25, 0.3) is 0 Å². The third-order valence-electron chi connectivity index (χ3n) is 2.81. The number of nitrogens with one attached hydrogen (secondary N) is 1. The summed E-state index contributed by atoms with van der Waals surface area (Å²) in [5.41, 5.74) is 5.50. The average Bonchev–Trinajstić information content (AvgIpc) is 2.35. The first-order valence-electron chi connectivity index (χ1n) is 5.75. The fourth-order valence-electron chi connectivity index (χ4n) is 1.85. The molecule has 3 N–H and O–H groups in total. The van der Waals surface area contributed by atoms with Crippen LogP contribution in [-0.4, -0.2) is 25.8 Å². The highest BCUT2D eigenvalue weighted by molar-refractivity contribution is 6.31. The minimum Gasteiger partial charge on any atom is -0.453 e. The Morgan fingerprint density at radius 1 is 1.76 bits per heavy atom. The van der Waals surface area contributed by atoms with E-state index in [0.29, 0.717) is 6.54 Å². The molecule has 0 saturated heterocycles. The van der Waals surface area contributed by atoms with E-state index in [2.05, 4.69) is 10.1 Å². The first-order chi connectivity index (χ1) is 8.17. The van der Waals surface area contributed by atoms with Gasteiger partial charge in [-0.05, 0) is 31.9 Å². The topological polar surface area (TPSA) is 64.3 Å². The van der Waals surface area contributed by atoms with Gasteiger partial charge in [0, 0.05) is 17.0 Å². The molecule has 0 heterocycles. The number of amides is 1. The summed E-state index contributed by atoms with van der Waals surface area (Å²) in [6.45, 7) is 0.617. The first kappa shape index (κ1) is 14.1. The van der Waals surface area contributed by atoms with Gasteiger partial charge in [0.15, 0.2) is 0 Å². The Morgan fingerprint density at radius 2 is 2.53 bits per heavy atom. The molecule has 1 amide bonds. The van der Waals surface area contributed by atoms with E-state index in [4.69, 9.17) is 17.3 Å². The lowest BCUT2D eigenvalue weighted by Gasteiger charge is -2.26. The Hall–Kier alpha value is -1.00. The van der Waals surface area contributed by atoms with Crippen molar-refractivity contribution in [1.29, 1.82) is 0 Å². The van der Waals surface area contributed by atoms with Crippen molar-refractivity contribution in [2.75, 3.05) is 13.7 Å². The van der Waals surface area contributed by atoms with Gasteiger partial charge in [-0.25, -0.2) is 4.79 Å². The van der Waals surface area contributed by atoms with Crippen LogP contribution in [0.2, 0.25) is 0 Å². The van der Waals surface area contributed by atoms with Crippen LogP contribution in [0.4, 0.5) is 4.79 Å². The first-order valence-corrected chi connectivity index (χ1v) is 6.13. The molecule has 2 atom stereocenters. The molecular weight excluding hydrogens is 240 g/mol. The highest BCUT2D eigenvalue weighted by Crippen LogP contribution is 2.23. The van der Waals surface area contributed by atoms with Crippen molar-refractivity contribution in [1.82, 2.24) is 5.32 Å². The van der Waals surface area contributed by atoms with Gasteiger partial charge >= 0.3 is 6.09 Å². The molecule has 96 valence electrons. The summed E-state index contributed by atoms with van der Waals surface area (Å²) in [5.74, 6) is 0.253. The second-order valence-corrected chi connectivity index (χ2v) is 4.46. The predicted molar refractivity (Wildman–Crippen MR) is 68.8 cm³/mol. The zero-order valence-corrected chi connectivity index (χ0v) is 10.7. The van der Waals surface area contributed by atoms with Crippen molar-refractivity contribution in [3.8, 4) is 0 Å². The molecule has 1 aliphatic carbocycles. The smallest absolute Gasteiger partial charge is 0.407 e. The van der Waals surface area contributed by atoms with Gasteiger partial charge in [-0.15, -0.1) is 0 Å². The summed E-state index contributed by atoms with van der Waals surface area (Å²) >= 11 is 5.87. The summed E-state index contributed by atoms with van der Waals surface area (Å²) in [5, 5.41) is 3.59. The lowest BCUT2D eigenvalue weighted by atomic mass is 9.90. The van der Waals surface area contributed by atoms with Gasteiger partial charge in [0.25, 0.3) is 0 Å². The predicted octanol–water partition coefficient (Wildman–Crippen LogP) is 2.15. The third-order valence-corrected chi connectivity index (χ3v) is 3.09. The Labute approximate surface area is 107 Å². The van der Waals surface area contributed by atoms with Crippen molar-refractivity contribution in [2.24, 2.45) is 11.7 Å². The molecule has 0 bridgehead atoms. The number of rotatable bonds is 5. The molecule has 1 aliphatic rings. The summed E-state index contributed by atoms with van der Waals surface area (Å²) < 4.78 is 4.63. The van der Waals surface area contributed by atoms with Crippen LogP contribution < -0.4 is 11.1 Å². The maximum absolute atomic E-state index is 11.3. The molecule has 4 nitrogen and oxygen atoms in total. The van der Waals surface area contributed by atoms with E-state index < -0.39 is 6.09 Å². The number of allylic oxidation sites excluding steroid dienone is 3. The van der Waals surface area contributed by atoms with Crippen LogP contribution in [0.1, 0.15) is 19.3 Å². The summed E-state index contributed by atoms with van der Waals surface area (Å²) in [6.07, 6.45) is 7.99. The summed E-state index contributed by atoms with van der Waals surface area (Å²) in [6, 6.07) is 0.0447. The number of carbonyl (C=O) groups is 1. The highest BCUT2D eigenvalue weighted by atomic mass is 35.5. The van der Waals surface area contributed by atoms with Gasteiger partial charge in [0.2, 0.25) is 0 Å². The van der Waals surface area contributed by atoms with E-state index in [9.17, 15) is 4.79 Å². The summed E-state index contributed by atoms with van der Waals surface area (Å²) in [4.78, 5) is 11.3. The van der Waals surface area contributed by atoms with Crippen molar-refractivity contribution in [3.05, 3.63) is 23.3 Å². The molecule has 0 saturated carbocycles. The molecule has 0 aromatic heterocycles. The number of alkyl carbamates (subject to hydrolysis) is 1. The minimum atomic E-state index is -0.402. The molecule has 0 aromatic rings. The van der Waals surface area contributed by atoms with Gasteiger partial charge in [-0.3, -0.25) is 0 Å². The van der Waals surface area contributed by atoms with Crippen LogP contribution >= 0.6 is 11.6 Å². The third kappa shape index (κ3) is 4.79. The van der Waals surface area contributed by atoms with Crippen LogP contribution in [-0.2, 0) is 4.74 Å². The number of halogens is 1. The van der Waals surface area contributed by atoms with Crippen molar-refractivity contribution >= 4 is 17.7 Å². The molecule has 5 heteroatoms. The second-order valence-electron chi connectivity index (χ2n) is 4.02. The van der Waals surface area contributed by atoms with Gasteiger partial charge in [-0.1, -0.05) is 23.8 Å². The number of methoxy groups -OCH3 is 1. The highest BCUT2D eigenvalue weighted by Gasteiger charge is 2.21. The normalized spacial score (nSPS) is 20.6. The second kappa shape index (κ2) is 7.35. The van der Waals surface area contributed by atoms with Gasteiger partial charge in [0.1, 0.15) is 0 Å². The number of hydrogen-bond donors (Lipinski definition) is 2. The van der Waals surface area contributed by atoms with E-state index in [1.165, 1.54) is 7.11 Å². The molecular formula is C12H19ClN2O2. The van der Waals surface area contributed by atoms with Crippen LogP contribution in [0.3, 0.4) is 0 Å². The Kier molecular flexibility index (Phi) is 6.08. The minimum absolute atomic E-state index is 0.0447. The molecule has 17 heavy (non-hydrogen) atoms. The van der Waals surface area contributed by atoms with E-state index in [-0.39, 0.29) is 12.0 Å². The quantitative estimate of drug-likeness (QED) is 0.794. The fourth-order valence-corrected chi connectivity index (χ4v) is 2.01. The maximum Gasteiger partial charge on any atom is 0.407 e. The van der Waals surface area contributed by atoms with Crippen LogP contribution in [0.15, 0.2) is 23.3 Å². The molecule has 0 radical (unpaired) electrons. The molecule has 1 rings (SSSR count). The Bertz CT molecular complexity index is 316. The standard InChI is InChI=1S/C12H19ClN2O2/c1-17-12(16)15-11(3-2-8-14)9-4-6-10(13)7-5-9/h4,6-7,9,11H,2-3,5,8,14H2,1H3,(H,15,16)/t9?,11-/m0/s1. The van der Waals surface area contributed by atoms with E-state index in [1.54, 1.807) is 0 Å². The van der Waals surface area contributed by atoms with Crippen molar-refractivity contribution in [3.63, 3.8) is 0 Å². The van der Waals surface area contributed by atoms with Crippen LogP contribution in [0.5, 0.6) is 0 Å². The van der Waals surface area contributed by atoms with Gasteiger partial charge in [-0.2, -0.15) is 0 Å². The Balaban J connectivity index is 2.56. The fraction of sp³-hybridized carbons (Fsp3) is 0.583. The Morgan fingerprint density at radius 3 is 3.06 bits per heavy atom. The number of carbonyl (C=O) groups excluding carboxylic acids is 1. The van der Waals surface area contributed by atoms with Crippen molar-refractivity contribution < 1.29 is 9.53 Å². The molecule has 0 spiro atoms. The zero-order valence-electron chi connectivity index (χ0n) is 9.99. The maximum atomic E-state index is 11.3. The molecule has 1 unspecified atom stereocenters. The summed E-state index contributed by atoms with van der Waals surface area (Å²) in [7, 11) is 1.36.